The molecule has 118 valence electrons. The van der Waals surface area contributed by atoms with Gasteiger partial charge in [-0.15, -0.1) is 11.3 Å². The quantitative estimate of drug-likeness (QED) is 0.785. The number of aromatic amines is 1. The molecule has 1 aliphatic heterocycles. The van der Waals surface area contributed by atoms with Crippen molar-refractivity contribution in [3.8, 4) is 0 Å². The summed E-state index contributed by atoms with van der Waals surface area (Å²) >= 11 is 1.43. The van der Waals surface area contributed by atoms with Gasteiger partial charge in [0.1, 0.15) is 10.7 Å². The molecule has 1 amide bonds. The maximum Gasteiger partial charge on any atom is 0.265 e. The van der Waals surface area contributed by atoms with Crippen molar-refractivity contribution in [2.75, 3.05) is 13.1 Å². The van der Waals surface area contributed by atoms with E-state index < -0.39 is 0 Å². The van der Waals surface area contributed by atoms with Gasteiger partial charge in [0.15, 0.2) is 0 Å². The summed E-state index contributed by atoms with van der Waals surface area (Å²) in [4.78, 5) is 27.6. The second-order valence-electron chi connectivity index (χ2n) is 5.97. The van der Waals surface area contributed by atoms with E-state index in [1.54, 1.807) is 5.51 Å². The van der Waals surface area contributed by atoms with Crippen molar-refractivity contribution >= 4 is 28.3 Å². The smallest absolute Gasteiger partial charge is 0.265 e. The van der Waals surface area contributed by atoms with Crippen LogP contribution in [0.4, 0.5) is 0 Å². The SMILES string of the molecule is Cc1ncsc1C(=O)N1CCC(c2nc3ccccc3[nH]2)CC1. The maximum atomic E-state index is 12.5. The van der Waals surface area contributed by atoms with Crippen molar-refractivity contribution in [3.63, 3.8) is 0 Å². The number of hydrogen-bond donors (Lipinski definition) is 1. The van der Waals surface area contributed by atoms with E-state index in [0.29, 0.717) is 5.92 Å². The summed E-state index contributed by atoms with van der Waals surface area (Å²) in [6.07, 6.45) is 1.90. The summed E-state index contributed by atoms with van der Waals surface area (Å²) < 4.78 is 0. The predicted molar refractivity (Wildman–Crippen MR) is 90.8 cm³/mol. The average Bonchev–Trinajstić information content (AvgIpc) is 3.20. The van der Waals surface area contributed by atoms with Crippen LogP contribution < -0.4 is 0 Å². The van der Waals surface area contributed by atoms with Gasteiger partial charge in [0.25, 0.3) is 5.91 Å². The van der Waals surface area contributed by atoms with Crippen molar-refractivity contribution in [3.05, 3.63) is 46.2 Å². The first-order valence-corrected chi connectivity index (χ1v) is 8.74. The second-order valence-corrected chi connectivity index (χ2v) is 6.83. The maximum absolute atomic E-state index is 12.5. The van der Waals surface area contributed by atoms with Crippen LogP contribution in [0.1, 0.15) is 39.9 Å². The zero-order valence-electron chi connectivity index (χ0n) is 13.0. The Balaban J connectivity index is 1.46. The van der Waals surface area contributed by atoms with Gasteiger partial charge in [-0.3, -0.25) is 4.79 Å². The number of imidazole rings is 1. The first kappa shape index (κ1) is 14.4. The van der Waals surface area contributed by atoms with Crippen LogP contribution in [0.25, 0.3) is 11.0 Å². The summed E-state index contributed by atoms with van der Waals surface area (Å²) in [7, 11) is 0. The van der Waals surface area contributed by atoms with E-state index in [2.05, 4.69) is 16.0 Å². The minimum absolute atomic E-state index is 0.119. The Morgan fingerprint density at radius 3 is 2.78 bits per heavy atom. The first-order chi connectivity index (χ1) is 11.2. The zero-order chi connectivity index (χ0) is 15.8. The van der Waals surface area contributed by atoms with E-state index in [4.69, 9.17) is 4.98 Å². The number of nitrogens with zero attached hydrogens (tertiary/aromatic N) is 3. The van der Waals surface area contributed by atoms with E-state index in [9.17, 15) is 4.79 Å². The molecule has 1 aliphatic rings. The number of carbonyl (C=O) groups is 1. The van der Waals surface area contributed by atoms with Crippen LogP contribution in [0.15, 0.2) is 29.8 Å². The average molecular weight is 326 g/mol. The number of fused-ring (bicyclic) bond motifs is 1. The molecule has 0 aliphatic carbocycles. The zero-order valence-corrected chi connectivity index (χ0v) is 13.8. The van der Waals surface area contributed by atoms with Gasteiger partial charge in [-0.2, -0.15) is 0 Å². The van der Waals surface area contributed by atoms with Gasteiger partial charge in [0.05, 0.1) is 22.2 Å². The highest BCUT2D eigenvalue weighted by atomic mass is 32.1. The summed E-state index contributed by atoms with van der Waals surface area (Å²) in [6, 6.07) is 8.10. The molecule has 23 heavy (non-hydrogen) atoms. The molecule has 4 rings (SSSR count). The molecule has 1 fully saturated rings. The molecule has 0 saturated carbocycles. The number of para-hydroxylation sites is 2. The summed E-state index contributed by atoms with van der Waals surface area (Å²) in [6.45, 7) is 3.45. The lowest BCUT2D eigenvalue weighted by molar-refractivity contribution is 0.0715. The van der Waals surface area contributed by atoms with Crippen LogP contribution in [-0.2, 0) is 0 Å². The molecule has 0 bridgehead atoms. The number of thiazole rings is 1. The minimum Gasteiger partial charge on any atom is -0.342 e. The molecule has 1 N–H and O–H groups in total. The molecular formula is C17H18N4OS. The number of likely N-dealkylation sites (tertiary alicyclic amines) is 1. The van der Waals surface area contributed by atoms with Gasteiger partial charge in [0.2, 0.25) is 0 Å². The Morgan fingerprint density at radius 1 is 1.30 bits per heavy atom. The highest BCUT2D eigenvalue weighted by Gasteiger charge is 2.27. The third-order valence-corrected chi connectivity index (χ3v) is 5.43. The molecule has 0 unspecified atom stereocenters. The largest absolute Gasteiger partial charge is 0.342 e. The number of benzene rings is 1. The number of piperidine rings is 1. The molecule has 0 radical (unpaired) electrons. The molecule has 5 nitrogen and oxygen atoms in total. The summed E-state index contributed by atoms with van der Waals surface area (Å²) in [5.74, 6) is 1.56. The summed E-state index contributed by atoms with van der Waals surface area (Å²) in [5, 5.41) is 0. The molecule has 0 atom stereocenters. The number of aromatic nitrogens is 3. The Kier molecular flexibility index (Phi) is 3.61. The lowest BCUT2D eigenvalue weighted by Crippen LogP contribution is -2.38. The molecule has 0 spiro atoms. The molecular weight excluding hydrogens is 308 g/mol. The number of H-pyrrole nitrogens is 1. The molecule has 6 heteroatoms. The van der Waals surface area contributed by atoms with E-state index in [-0.39, 0.29) is 5.91 Å². The molecule has 3 aromatic rings. The monoisotopic (exact) mass is 326 g/mol. The Bertz CT molecular complexity index is 812. The predicted octanol–water partition coefficient (Wildman–Crippen LogP) is 3.35. The molecule has 2 aromatic heterocycles. The van der Waals surface area contributed by atoms with Crippen molar-refractivity contribution < 1.29 is 4.79 Å². The Morgan fingerprint density at radius 2 is 2.09 bits per heavy atom. The number of carbonyl (C=O) groups excluding carboxylic acids is 1. The highest BCUT2D eigenvalue weighted by molar-refractivity contribution is 7.11. The summed E-state index contributed by atoms with van der Waals surface area (Å²) in [5.41, 5.74) is 4.67. The van der Waals surface area contributed by atoms with Gasteiger partial charge in [0, 0.05) is 19.0 Å². The van der Waals surface area contributed by atoms with Crippen LogP contribution in [-0.4, -0.2) is 38.8 Å². The molecule has 1 aromatic carbocycles. The fourth-order valence-corrected chi connectivity index (χ4v) is 3.94. The van der Waals surface area contributed by atoms with Gasteiger partial charge in [-0.1, -0.05) is 12.1 Å². The van der Waals surface area contributed by atoms with E-state index in [0.717, 1.165) is 53.4 Å². The second kappa shape index (κ2) is 5.77. The lowest BCUT2D eigenvalue weighted by Gasteiger charge is -2.30. The number of hydrogen-bond acceptors (Lipinski definition) is 4. The number of aryl methyl sites for hydroxylation is 1. The fourth-order valence-electron chi connectivity index (χ4n) is 3.17. The third-order valence-electron chi connectivity index (χ3n) is 4.52. The van der Waals surface area contributed by atoms with Crippen molar-refractivity contribution in [2.24, 2.45) is 0 Å². The Labute approximate surface area is 138 Å². The van der Waals surface area contributed by atoms with Crippen LogP contribution in [0, 0.1) is 6.92 Å². The Hall–Kier alpha value is -2.21. The van der Waals surface area contributed by atoms with Gasteiger partial charge in [-0.25, -0.2) is 9.97 Å². The van der Waals surface area contributed by atoms with Gasteiger partial charge in [-0.05, 0) is 31.9 Å². The minimum atomic E-state index is 0.119. The van der Waals surface area contributed by atoms with Crippen LogP contribution in [0.3, 0.4) is 0 Å². The van der Waals surface area contributed by atoms with Crippen molar-refractivity contribution in [1.29, 1.82) is 0 Å². The van der Waals surface area contributed by atoms with Crippen molar-refractivity contribution in [1.82, 2.24) is 19.9 Å². The first-order valence-electron chi connectivity index (χ1n) is 7.86. The van der Waals surface area contributed by atoms with E-state index in [1.807, 2.05) is 30.0 Å². The fraction of sp³-hybridized carbons (Fsp3) is 0.353. The molecule has 1 saturated heterocycles. The standard InChI is InChI=1S/C17H18N4OS/c1-11-15(23-10-18-11)17(22)21-8-6-12(7-9-21)16-19-13-4-2-3-5-14(13)20-16/h2-5,10,12H,6-9H2,1H3,(H,19,20). The topological polar surface area (TPSA) is 61.9 Å². The van der Waals surface area contributed by atoms with Crippen LogP contribution in [0.5, 0.6) is 0 Å². The van der Waals surface area contributed by atoms with Gasteiger partial charge >= 0.3 is 0 Å². The third kappa shape index (κ3) is 2.63. The van der Waals surface area contributed by atoms with Crippen LogP contribution >= 0.6 is 11.3 Å². The molecule has 3 heterocycles. The number of rotatable bonds is 2. The van der Waals surface area contributed by atoms with Crippen LogP contribution in [0.2, 0.25) is 0 Å². The van der Waals surface area contributed by atoms with Gasteiger partial charge < -0.3 is 9.88 Å². The number of amides is 1. The van der Waals surface area contributed by atoms with Crippen molar-refractivity contribution in [2.45, 2.75) is 25.7 Å². The highest BCUT2D eigenvalue weighted by Crippen LogP contribution is 2.29. The van der Waals surface area contributed by atoms with E-state index >= 15 is 0 Å². The number of nitrogens with one attached hydrogen (secondary N) is 1. The van der Waals surface area contributed by atoms with E-state index in [1.165, 1.54) is 11.3 Å². The lowest BCUT2D eigenvalue weighted by atomic mass is 9.96. The normalized spacial score (nSPS) is 16.1.